The fraction of sp³-hybridized carbons (Fsp3) is 0.941. The summed E-state index contributed by atoms with van der Waals surface area (Å²) in [5.74, 6) is 0.471. The largest absolute Gasteiger partial charge is 0.450 e. The molecule has 0 spiro atoms. The van der Waals surface area contributed by atoms with Gasteiger partial charge in [0.25, 0.3) is 0 Å². The molecule has 6 heteroatoms. The summed E-state index contributed by atoms with van der Waals surface area (Å²) in [6, 6.07) is 0. The summed E-state index contributed by atoms with van der Waals surface area (Å²) in [7, 11) is -2.87. The molecule has 1 aliphatic rings. The quantitative estimate of drug-likeness (QED) is 0.547. The number of nitrogens with one attached hydrogen (secondary N) is 1. The lowest BCUT2D eigenvalue weighted by molar-refractivity contribution is 0.142. The van der Waals surface area contributed by atoms with Crippen molar-refractivity contribution in [3.8, 4) is 0 Å². The average Bonchev–Trinajstić information content (AvgIpc) is 2.86. The van der Waals surface area contributed by atoms with Gasteiger partial charge in [0, 0.05) is 6.54 Å². The number of rotatable bonds is 12. The van der Waals surface area contributed by atoms with E-state index in [1.54, 1.807) is 0 Å². The lowest BCUT2D eigenvalue weighted by Crippen LogP contribution is -2.30. The first-order chi connectivity index (χ1) is 11.0. The van der Waals surface area contributed by atoms with E-state index >= 15 is 0 Å². The lowest BCUT2D eigenvalue weighted by atomic mass is 10.1. The number of hydrogen-bond donors (Lipinski definition) is 1. The second kappa shape index (κ2) is 11.7. The van der Waals surface area contributed by atoms with E-state index in [1.165, 1.54) is 44.9 Å². The molecule has 1 N–H and O–H groups in total. The first-order valence-electron chi connectivity index (χ1n) is 9.14. The Morgan fingerprint density at radius 3 is 2.22 bits per heavy atom. The number of sulfone groups is 1. The molecular weight excluding hydrogens is 314 g/mol. The van der Waals surface area contributed by atoms with E-state index in [9.17, 15) is 13.2 Å². The van der Waals surface area contributed by atoms with Gasteiger partial charge in [-0.25, -0.2) is 13.2 Å². The SMILES string of the molecule is CCCCCCCCCCCOC(=O)NCC1CCS(=O)(=O)C1. The number of carbonyl (C=O) groups excluding carboxylic acids is 1. The van der Waals surface area contributed by atoms with Crippen LogP contribution in [0.2, 0.25) is 0 Å². The van der Waals surface area contributed by atoms with Gasteiger partial charge in [-0.3, -0.25) is 0 Å². The zero-order valence-corrected chi connectivity index (χ0v) is 15.3. The Morgan fingerprint density at radius 1 is 1.04 bits per heavy atom. The summed E-state index contributed by atoms with van der Waals surface area (Å²) in [4.78, 5) is 11.5. The van der Waals surface area contributed by atoms with Crippen LogP contribution in [0.3, 0.4) is 0 Å². The van der Waals surface area contributed by atoms with Crippen LogP contribution in [0.15, 0.2) is 0 Å². The fourth-order valence-corrected chi connectivity index (χ4v) is 4.75. The van der Waals surface area contributed by atoms with Crippen molar-refractivity contribution in [3.05, 3.63) is 0 Å². The highest BCUT2D eigenvalue weighted by Crippen LogP contribution is 2.17. The van der Waals surface area contributed by atoms with Gasteiger partial charge in [0.15, 0.2) is 9.84 Å². The smallest absolute Gasteiger partial charge is 0.407 e. The minimum Gasteiger partial charge on any atom is -0.450 e. The first kappa shape index (κ1) is 20.3. The van der Waals surface area contributed by atoms with Crippen LogP contribution in [0.5, 0.6) is 0 Å². The number of hydrogen-bond acceptors (Lipinski definition) is 4. The summed E-state index contributed by atoms with van der Waals surface area (Å²) < 4.78 is 27.7. The van der Waals surface area contributed by atoms with E-state index in [-0.39, 0.29) is 17.4 Å². The molecule has 1 fully saturated rings. The van der Waals surface area contributed by atoms with Crippen LogP contribution in [0, 0.1) is 5.92 Å². The van der Waals surface area contributed by atoms with Gasteiger partial charge in [0.1, 0.15) is 0 Å². The maximum atomic E-state index is 11.5. The summed E-state index contributed by atoms with van der Waals surface area (Å²) >= 11 is 0. The molecule has 1 rings (SSSR count). The van der Waals surface area contributed by atoms with Crippen LogP contribution >= 0.6 is 0 Å². The predicted octanol–water partition coefficient (Wildman–Crippen LogP) is 3.68. The molecule has 5 nitrogen and oxygen atoms in total. The van der Waals surface area contributed by atoms with Crippen molar-refractivity contribution < 1.29 is 17.9 Å². The van der Waals surface area contributed by atoms with Gasteiger partial charge in [-0.05, 0) is 18.8 Å². The molecule has 0 aromatic rings. The summed E-state index contributed by atoms with van der Waals surface area (Å²) in [5, 5.41) is 2.67. The molecule has 1 atom stereocenters. The molecule has 1 aliphatic heterocycles. The Hall–Kier alpha value is -0.780. The normalized spacial score (nSPS) is 19.6. The Morgan fingerprint density at radius 2 is 1.65 bits per heavy atom. The third-order valence-electron chi connectivity index (χ3n) is 4.34. The van der Waals surface area contributed by atoms with Gasteiger partial charge < -0.3 is 10.1 Å². The molecule has 23 heavy (non-hydrogen) atoms. The van der Waals surface area contributed by atoms with E-state index in [0.29, 0.717) is 19.6 Å². The van der Waals surface area contributed by atoms with Crippen molar-refractivity contribution in [3.63, 3.8) is 0 Å². The summed E-state index contributed by atoms with van der Waals surface area (Å²) in [6.45, 7) is 3.08. The highest BCUT2D eigenvalue weighted by atomic mass is 32.2. The van der Waals surface area contributed by atoms with E-state index in [0.717, 1.165) is 12.8 Å². The van der Waals surface area contributed by atoms with Crippen molar-refractivity contribution in [2.45, 2.75) is 71.1 Å². The molecule has 0 saturated carbocycles. The molecule has 0 aromatic carbocycles. The van der Waals surface area contributed by atoms with Crippen molar-refractivity contribution in [1.29, 1.82) is 0 Å². The van der Waals surface area contributed by atoms with E-state index < -0.39 is 15.9 Å². The maximum absolute atomic E-state index is 11.5. The second-order valence-electron chi connectivity index (χ2n) is 6.61. The van der Waals surface area contributed by atoms with Gasteiger partial charge in [-0.1, -0.05) is 58.3 Å². The number of amides is 1. The average molecular weight is 348 g/mol. The van der Waals surface area contributed by atoms with Crippen LogP contribution in [0.25, 0.3) is 0 Å². The molecule has 0 radical (unpaired) electrons. The van der Waals surface area contributed by atoms with E-state index in [4.69, 9.17) is 4.74 Å². The minimum absolute atomic E-state index is 0.0419. The monoisotopic (exact) mass is 347 g/mol. The van der Waals surface area contributed by atoms with Crippen LogP contribution in [0.4, 0.5) is 4.79 Å². The third-order valence-corrected chi connectivity index (χ3v) is 6.18. The Labute approximate surface area is 141 Å². The molecule has 136 valence electrons. The summed E-state index contributed by atoms with van der Waals surface area (Å²) in [6.07, 6.45) is 11.3. The van der Waals surface area contributed by atoms with Crippen LogP contribution in [-0.4, -0.2) is 39.2 Å². The van der Waals surface area contributed by atoms with Gasteiger partial charge in [0.2, 0.25) is 0 Å². The molecule has 1 amide bonds. The number of ether oxygens (including phenoxy) is 1. The van der Waals surface area contributed by atoms with Gasteiger partial charge in [0.05, 0.1) is 18.1 Å². The highest BCUT2D eigenvalue weighted by molar-refractivity contribution is 7.91. The Bertz CT molecular complexity index is 422. The Balaban J connectivity index is 1.87. The molecule has 0 aromatic heterocycles. The first-order valence-corrected chi connectivity index (χ1v) is 11.0. The van der Waals surface area contributed by atoms with E-state index in [1.807, 2.05) is 0 Å². The van der Waals surface area contributed by atoms with Crippen molar-refractivity contribution in [2.75, 3.05) is 24.7 Å². The fourth-order valence-electron chi connectivity index (χ4n) is 2.89. The van der Waals surface area contributed by atoms with Crippen molar-refractivity contribution in [2.24, 2.45) is 5.92 Å². The third kappa shape index (κ3) is 10.6. The second-order valence-corrected chi connectivity index (χ2v) is 8.84. The predicted molar refractivity (Wildman–Crippen MR) is 93.3 cm³/mol. The molecule has 1 heterocycles. The van der Waals surface area contributed by atoms with Gasteiger partial charge >= 0.3 is 6.09 Å². The van der Waals surface area contributed by atoms with Gasteiger partial charge in [-0.15, -0.1) is 0 Å². The number of carbonyl (C=O) groups is 1. The number of alkyl carbamates (subject to hydrolysis) is 1. The summed E-state index contributed by atoms with van der Waals surface area (Å²) in [5.41, 5.74) is 0. The van der Waals surface area contributed by atoms with E-state index in [2.05, 4.69) is 12.2 Å². The maximum Gasteiger partial charge on any atom is 0.407 e. The molecule has 1 unspecified atom stereocenters. The molecular formula is C17H33NO4S. The number of unbranched alkanes of at least 4 members (excludes halogenated alkanes) is 8. The molecule has 0 bridgehead atoms. The molecule has 1 saturated heterocycles. The molecule has 0 aliphatic carbocycles. The van der Waals surface area contributed by atoms with Gasteiger partial charge in [-0.2, -0.15) is 0 Å². The van der Waals surface area contributed by atoms with Crippen molar-refractivity contribution >= 4 is 15.9 Å². The minimum atomic E-state index is -2.87. The van der Waals surface area contributed by atoms with Crippen molar-refractivity contribution in [1.82, 2.24) is 5.32 Å². The highest BCUT2D eigenvalue weighted by Gasteiger charge is 2.27. The Kier molecular flexibility index (Phi) is 10.3. The van der Waals surface area contributed by atoms with Crippen LogP contribution in [0.1, 0.15) is 71.1 Å². The lowest BCUT2D eigenvalue weighted by Gasteiger charge is -2.10. The zero-order valence-electron chi connectivity index (χ0n) is 14.5. The standard InChI is InChI=1S/C17H33NO4S/c1-2-3-4-5-6-7-8-9-10-12-22-17(19)18-14-16-11-13-23(20,21)15-16/h16H,2-15H2,1H3,(H,18,19). The van der Waals surface area contributed by atoms with Crippen LogP contribution in [-0.2, 0) is 14.6 Å². The zero-order chi connectivity index (χ0) is 17.0. The topological polar surface area (TPSA) is 72.5 Å². The van der Waals surface area contributed by atoms with Crippen LogP contribution < -0.4 is 5.32 Å².